The van der Waals surface area contributed by atoms with E-state index >= 15 is 0 Å². The lowest BCUT2D eigenvalue weighted by Gasteiger charge is -2.17. The average Bonchev–Trinajstić information content (AvgIpc) is 3.11. The van der Waals surface area contributed by atoms with Crippen LogP contribution in [-0.4, -0.2) is 85.0 Å². The standard InChI is InChI=1S/C10H18O3.C9H16O4.CH4/c1-4-6-8-10(12-3)9(11)7(5-2)13-8;1-3-4-6-9(12-2)8(11)7(5-10)13-6;/h4,7-11H,1,5-6H2,2-3H3;3,6-11H,1,4-5H2,2H3;1H4. The van der Waals surface area contributed by atoms with Gasteiger partial charge < -0.3 is 34.3 Å². The number of methoxy groups -OCH3 is 2. The first-order chi connectivity index (χ1) is 12.5. The summed E-state index contributed by atoms with van der Waals surface area (Å²) in [6, 6.07) is 0. The molecule has 0 radical (unpaired) electrons. The fourth-order valence-electron chi connectivity index (χ4n) is 3.41. The minimum Gasteiger partial charge on any atom is -0.394 e. The molecule has 2 rings (SSSR count). The van der Waals surface area contributed by atoms with Crippen LogP contribution in [0.1, 0.15) is 33.6 Å². The Labute approximate surface area is 163 Å². The summed E-state index contributed by atoms with van der Waals surface area (Å²) < 4.78 is 21.3. The Hall–Kier alpha value is -0.800. The smallest absolute Gasteiger partial charge is 0.112 e. The number of rotatable bonds is 8. The van der Waals surface area contributed by atoms with Crippen LogP contribution in [-0.2, 0) is 18.9 Å². The fourth-order valence-corrected chi connectivity index (χ4v) is 3.41. The van der Waals surface area contributed by atoms with Crippen LogP contribution in [0.5, 0.6) is 0 Å². The molecule has 7 nitrogen and oxygen atoms in total. The summed E-state index contributed by atoms with van der Waals surface area (Å²) in [5, 5.41) is 28.2. The molecule has 27 heavy (non-hydrogen) atoms. The van der Waals surface area contributed by atoms with E-state index in [1.54, 1.807) is 19.3 Å². The van der Waals surface area contributed by atoms with Gasteiger partial charge in [0, 0.05) is 14.2 Å². The molecular formula is C20H38O7. The summed E-state index contributed by atoms with van der Waals surface area (Å²) in [4.78, 5) is 0. The molecule has 0 aromatic rings. The van der Waals surface area contributed by atoms with Crippen molar-refractivity contribution >= 4 is 0 Å². The lowest BCUT2D eigenvalue weighted by molar-refractivity contribution is -0.0210. The van der Waals surface area contributed by atoms with E-state index in [-0.39, 0.29) is 44.6 Å². The Kier molecular flexibility index (Phi) is 13.0. The van der Waals surface area contributed by atoms with Gasteiger partial charge in [-0.15, -0.1) is 13.2 Å². The van der Waals surface area contributed by atoms with Gasteiger partial charge in [-0.25, -0.2) is 0 Å². The summed E-state index contributed by atoms with van der Waals surface area (Å²) in [6.07, 6.45) is 2.98. The van der Waals surface area contributed by atoms with Crippen molar-refractivity contribution < 1.29 is 34.3 Å². The molecule has 2 saturated heterocycles. The summed E-state index contributed by atoms with van der Waals surface area (Å²) >= 11 is 0. The van der Waals surface area contributed by atoms with Gasteiger partial charge in [0.1, 0.15) is 30.5 Å². The first-order valence-electron chi connectivity index (χ1n) is 9.04. The van der Waals surface area contributed by atoms with E-state index in [9.17, 15) is 10.2 Å². The first kappa shape index (κ1) is 26.2. The molecule has 2 aliphatic heterocycles. The second-order valence-corrected chi connectivity index (χ2v) is 6.45. The molecule has 3 N–H and O–H groups in total. The molecule has 0 aromatic heterocycles. The van der Waals surface area contributed by atoms with E-state index in [0.717, 1.165) is 12.8 Å². The van der Waals surface area contributed by atoms with Crippen molar-refractivity contribution in [3.63, 3.8) is 0 Å². The van der Waals surface area contributed by atoms with Crippen LogP contribution in [0, 0.1) is 0 Å². The lowest BCUT2D eigenvalue weighted by atomic mass is 10.0. The van der Waals surface area contributed by atoms with Gasteiger partial charge in [-0.3, -0.25) is 0 Å². The van der Waals surface area contributed by atoms with Gasteiger partial charge >= 0.3 is 0 Å². The summed E-state index contributed by atoms with van der Waals surface area (Å²) in [5.41, 5.74) is 0. The Morgan fingerprint density at radius 1 is 0.852 bits per heavy atom. The maximum atomic E-state index is 9.76. The van der Waals surface area contributed by atoms with Gasteiger partial charge in [0.25, 0.3) is 0 Å². The van der Waals surface area contributed by atoms with Crippen molar-refractivity contribution in [1.29, 1.82) is 0 Å². The van der Waals surface area contributed by atoms with Gasteiger partial charge in [-0.05, 0) is 19.3 Å². The highest BCUT2D eigenvalue weighted by atomic mass is 16.6. The normalized spacial score (nSPS) is 37.9. The largest absolute Gasteiger partial charge is 0.394 e. The molecule has 0 saturated carbocycles. The zero-order chi connectivity index (χ0) is 19.7. The summed E-state index contributed by atoms with van der Waals surface area (Å²) in [5.74, 6) is 0. The SMILES string of the molecule is C.C=CCC1OC(CC)C(O)C1OC.C=CCC1OC(CO)C(O)C1OC. The number of hydrogen-bond donors (Lipinski definition) is 3. The summed E-state index contributed by atoms with van der Waals surface area (Å²) in [6.45, 7) is 9.05. The van der Waals surface area contributed by atoms with E-state index in [1.807, 2.05) is 6.92 Å². The molecule has 2 heterocycles. The molecule has 2 fully saturated rings. The summed E-state index contributed by atoms with van der Waals surface area (Å²) in [7, 11) is 3.12. The molecule has 160 valence electrons. The van der Waals surface area contributed by atoms with Crippen LogP contribution in [0.15, 0.2) is 25.3 Å². The Morgan fingerprint density at radius 2 is 1.26 bits per heavy atom. The maximum absolute atomic E-state index is 9.76. The number of aliphatic hydroxyl groups is 3. The van der Waals surface area contributed by atoms with E-state index < -0.39 is 18.3 Å². The zero-order valence-electron chi connectivity index (χ0n) is 16.0. The predicted molar refractivity (Wildman–Crippen MR) is 105 cm³/mol. The third-order valence-corrected chi connectivity index (χ3v) is 4.79. The van der Waals surface area contributed by atoms with Crippen molar-refractivity contribution in [3.8, 4) is 0 Å². The highest BCUT2D eigenvalue weighted by Gasteiger charge is 2.43. The van der Waals surface area contributed by atoms with E-state index in [2.05, 4.69) is 13.2 Å². The Bertz CT molecular complexity index is 379. The molecule has 0 aliphatic carbocycles. The van der Waals surface area contributed by atoms with Crippen LogP contribution in [0.25, 0.3) is 0 Å². The van der Waals surface area contributed by atoms with Crippen molar-refractivity contribution in [2.75, 3.05) is 20.8 Å². The predicted octanol–water partition coefficient (Wildman–Crippen LogP) is 1.45. The van der Waals surface area contributed by atoms with Crippen molar-refractivity contribution in [2.45, 2.75) is 82.4 Å². The third-order valence-electron chi connectivity index (χ3n) is 4.79. The van der Waals surface area contributed by atoms with Crippen LogP contribution in [0.2, 0.25) is 0 Å². The molecule has 0 spiro atoms. The van der Waals surface area contributed by atoms with Crippen molar-refractivity contribution in [2.24, 2.45) is 0 Å². The number of hydrogen-bond acceptors (Lipinski definition) is 7. The molecule has 0 amide bonds. The fraction of sp³-hybridized carbons (Fsp3) is 0.800. The Morgan fingerprint density at radius 3 is 1.59 bits per heavy atom. The second kappa shape index (κ2) is 13.4. The third kappa shape index (κ3) is 6.64. The molecule has 2 aliphatic rings. The van der Waals surface area contributed by atoms with Gasteiger partial charge in [-0.1, -0.05) is 26.5 Å². The van der Waals surface area contributed by atoms with Crippen molar-refractivity contribution in [3.05, 3.63) is 25.3 Å². The molecule has 8 atom stereocenters. The van der Waals surface area contributed by atoms with Crippen LogP contribution < -0.4 is 0 Å². The monoisotopic (exact) mass is 390 g/mol. The van der Waals surface area contributed by atoms with Crippen LogP contribution in [0.4, 0.5) is 0 Å². The highest BCUT2D eigenvalue weighted by molar-refractivity contribution is 4.94. The van der Waals surface area contributed by atoms with Gasteiger partial charge in [0.15, 0.2) is 0 Å². The maximum Gasteiger partial charge on any atom is 0.112 e. The average molecular weight is 391 g/mol. The van der Waals surface area contributed by atoms with Gasteiger partial charge in [0.05, 0.1) is 24.9 Å². The molecular weight excluding hydrogens is 352 g/mol. The molecule has 7 heteroatoms. The molecule has 8 unspecified atom stereocenters. The minimum absolute atomic E-state index is 0. The first-order valence-corrected chi connectivity index (χ1v) is 9.04. The minimum atomic E-state index is -0.750. The van der Waals surface area contributed by atoms with E-state index in [4.69, 9.17) is 24.1 Å². The topological polar surface area (TPSA) is 97.6 Å². The van der Waals surface area contributed by atoms with E-state index in [0.29, 0.717) is 6.42 Å². The van der Waals surface area contributed by atoms with Gasteiger partial charge in [0.2, 0.25) is 0 Å². The van der Waals surface area contributed by atoms with Crippen LogP contribution in [0.3, 0.4) is 0 Å². The van der Waals surface area contributed by atoms with Crippen LogP contribution >= 0.6 is 0 Å². The molecule has 0 aromatic carbocycles. The second-order valence-electron chi connectivity index (χ2n) is 6.45. The highest BCUT2D eigenvalue weighted by Crippen LogP contribution is 2.27. The quantitative estimate of drug-likeness (QED) is 0.540. The van der Waals surface area contributed by atoms with Crippen molar-refractivity contribution in [1.82, 2.24) is 0 Å². The van der Waals surface area contributed by atoms with Gasteiger partial charge in [-0.2, -0.15) is 0 Å². The zero-order valence-corrected chi connectivity index (χ0v) is 16.0. The Balaban J connectivity index is 0.000000483. The number of ether oxygens (including phenoxy) is 4. The molecule has 0 bridgehead atoms. The van der Waals surface area contributed by atoms with E-state index in [1.165, 1.54) is 7.11 Å². The number of aliphatic hydroxyl groups excluding tert-OH is 3. The lowest BCUT2D eigenvalue weighted by Crippen LogP contribution is -2.35.